The molecule has 0 radical (unpaired) electrons. The number of hydrogen-bond donors (Lipinski definition) is 2. The Kier molecular flexibility index (Phi) is 9.58. The van der Waals surface area contributed by atoms with Crippen LogP contribution in [0.4, 0.5) is 5.69 Å². The second-order valence-corrected chi connectivity index (χ2v) is 9.17. The molecule has 1 heterocycles. The topological polar surface area (TPSA) is 64.7 Å². The number of nitrogens with zero attached hydrogens (tertiary/aromatic N) is 2. The molecular weight excluding hydrogens is 436 g/mol. The van der Waals surface area contributed by atoms with E-state index in [-0.39, 0.29) is 24.3 Å². The monoisotopic (exact) mass is 470 g/mol. The number of carbonyl (C=O) groups excluding carboxylic acids is 2. The minimum Gasteiger partial charge on any atom is -0.369 e. The molecule has 1 aliphatic rings. The molecule has 1 aliphatic heterocycles. The van der Waals surface area contributed by atoms with E-state index >= 15 is 0 Å². The van der Waals surface area contributed by atoms with E-state index in [1.807, 2.05) is 12.1 Å². The number of unbranched alkanes of at least 4 members (excludes halogenated alkanes) is 1. The third-order valence-corrected chi connectivity index (χ3v) is 6.25. The highest BCUT2D eigenvalue weighted by atomic mass is 35.5. The quantitative estimate of drug-likeness (QED) is 0.516. The SMILES string of the molecule is CC(=O)NC(CC(=O)NCCCCN1CCN(c2cccc(C)c2)CC1)c1ccc(Cl)cc1. The Hall–Kier alpha value is -2.57. The number of rotatable bonds is 10. The summed E-state index contributed by atoms with van der Waals surface area (Å²) in [4.78, 5) is 29.0. The number of carbonyl (C=O) groups is 2. The molecule has 0 saturated carbocycles. The number of aryl methyl sites for hydroxylation is 1. The first-order valence-electron chi connectivity index (χ1n) is 11.7. The largest absolute Gasteiger partial charge is 0.369 e. The molecule has 1 saturated heterocycles. The molecule has 0 aromatic heterocycles. The van der Waals surface area contributed by atoms with Gasteiger partial charge in [0.05, 0.1) is 12.5 Å². The highest BCUT2D eigenvalue weighted by Gasteiger charge is 2.18. The fraction of sp³-hybridized carbons (Fsp3) is 0.462. The summed E-state index contributed by atoms with van der Waals surface area (Å²) in [6.07, 6.45) is 2.20. The fourth-order valence-electron chi connectivity index (χ4n) is 4.19. The second kappa shape index (κ2) is 12.6. The molecule has 3 rings (SSSR count). The van der Waals surface area contributed by atoms with Gasteiger partial charge in [-0.15, -0.1) is 0 Å². The first-order chi connectivity index (χ1) is 15.9. The van der Waals surface area contributed by atoms with Gasteiger partial charge in [-0.1, -0.05) is 35.9 Å². The van der Waals surface area contributed by atoms with Gasteiger partial charge in [0.2, 0.25) is 11.8 Å². The Morgan fingerprint density at radius 2 is 1.76 bits per heavy atom. The van der Waals surface area contributed by atoms with Crippen LogP contribution in [0, 0.1) is 6.92 Å². The predicted octanol–water partition coefficient (Wildman–Crippen LogP) is 3.93. The predicted molar refractivity (Wildman–Crippen MR) is 135 cm³/mol. The van der Waals surface area contributed by atoms with Gasteiger partial charge in [-0.3, -0.25) is 14.5 Å². The number of nitrogens with one attached hydrogen (secondary N) is 2. The molecule has 0 aliphatic carbocycles. The summed E-state index contributed by atoms with van der Waals surface area (Å²) in [5.41, 5.74) is 3.48. The van der Waals surface area contributed by atoms with Crippen LogP contribution in [-0.4, -0.2) is 56.0 Å². The zero-order chi connectivity index (χ0) is 23.6. The maximum atomic E-state index is 12.4. The number of amides is 2. The lowest BCUT2D eigenvalue weighted by molar-refractivity contribution is -0.122. The van der Waals surface area contributed by atoms with Gasteiger partial charge in [0.15, 0.2) is 0 Å². The second-order valence-electron chi connectivity index (χ2n) is 8.73. The van der Waals surface area contributed by atoms with Gasteiger partial charge in [0.25, 0.3) is 0 Å². The third kappa shape index (κ3) is 8.37. The Morgan fingerprint density at radius 3 is 2.42 bits per heavy atom. The molecule has 0 spiro atoms. The van der Waals surface area contributed by atoms with Gasteiger partial charge in [-0.05, 0) is 61.7 Å². The average Bonchev–Trinajstić information content (AvgIpc) is 2.79. The Balaban J connectivity index is 1.33. The lowest BCUT2D eigenvalue weighted by Gasteiger charge is -2.36. The van der Waals surface area contributed by atoms with Crippen LogP contribution in [0.3, 0.4) is 0 Å². The molecule has 2 N–H and O–H groups in total. The van der Waals surface area contributed by atoms with Crippen molar-refractivity contribution in [3.8, 4) is 0 Å². The van der Waals surface area contributed by atoms with E-state index in [0.29, 0.717) is 11.6 Å². The van der Waals surface area contributed by atoms with Crippen LogP contribution < -0.4 is 15.5 Å². The smallest absolute Gasteiger partial charge is 0.222 e. The molecule has 1 unspecified atom stereocenters. The van der Waals surface area contributed by atoms with Crippen LogP contribution in [0.15, 0.2) is 48.5 Å². The lowest BCUT2D eigenvalue weighted by Crippen LogP contribution is -2.46. The lowest BCUT2D eigenvalue weighted by atomic mass is 10.0. The van der Waals surface area contributed by atoms with Crippen LogP contribution in [-0.2, 0) is 9.59 Å². The minimum atomic E-state index is -0.357. The number of anilines is 1. The summed E-state index contributed by atoms with van der Waals surface area (Å²) in [6.45, 7) is 9.54. The van der Waals surface area contributed by atoms with E-state index in [0.717, 1.165) is 51.1 Å². The van der Waals surface area contributed by atoms with E-state index in [2.05, 4.69) is 51.6 Å². The third-order valence-electron chi connectivity index (χ3n) is 6.00. The summed E-state index contributed by atoms with van der Waals surface area (Å²) >= 11 is 5.95. The van der Waals surface area contributed by atoms with Crippen LogP contribution in [0.5, 0.6) is 0 Å². The van der Waals surface area contributed by atoms with Crippen molar-refractivity contribution < 1.29 is 9.59 Å². The van der Waals surface area contributed by atoms with Crippen LogP contribution in [0.1, 0.15) is 43.4 Å². The van der Waals surface area contributed by atoms with E-state index in [9.17, 15) is 9.59 Å². The first kappa shape index (κ1) is 25.1. The van der Waals surface area contributed by atoms with E-state index in [1.165, 1.54) is 18.2 Å². The van der Waals surface area contributed by atoms with Crippen molar-refractivity contribution in [2.24, 2.45) is 0 Å². The molecule has 33 heavy (non-hydrogen) atoms. The highest BCUT2D eigenvalue weighted by Crippen LogP contribution is 2.20. The highest BCUT2D eigenvalue weighted by molar-refractivity contribution is 6.30. The summed E-state index contributed by atoms with van der Waals surface area (Å²) in [5, 5.41) is 6.48. The maximum Gasteiger partial charge on any atom is 0.222 e. The number of benzene rings is 2. The van der Waals surface area contributed by atoms with Gasteiger partial charge in [0.1, 0.15) is 0 Å². The van der Waals surface area contributed by atoms with Crippen molar-refractivity contribution in [2.75, 3.05) is 44.2 Å². The van der Waals surface area contributed by atoms with E-state index in [1.54, 1.807) is 12.1 Å². The zero-order valence-corrected chi connectivity index (χ0v) is 20.4. The molecule has 7 heteroatoms. The number of piperazine rings is 1. The zero-order valence-electron chi connectivity index (χ0n) is 19.6. The van der Waals surface area contributed by atoms with Crippen molar-refractivity contribution >= 4 is 29.1 Å². The van der Waals surface area contributed by atoms with Crippen molar-refractivity contribution in [3.63, 3.8) is 0 Å². The van der Waals surface area contributed by atoms with E-state index < -0.39 is 0 Å². The molecule has 2 amide bonds. The van der Waals surface area contributed by atoms with E-state index in [4.69, 9.17) is 11.6 Å². The molecule has 178 valence electrons. The summed E-state index contributed by atoms with van der Waals surface area (Å²) < 4.78 is 0. The standard InChI is InChI=1S/C26H35ClN4O2/c1-20-6-5-7-24(18-20)31-16-14-30(15-17-31)13-4-3-12-28-26(33)19-25(29-21(2)32)22-8-10-23(27)11-9-22/h5-11,18,25H,3-4,12-17,19H2,1-2H3,(H,28,33)(H,29,32). The van der Waals surface area contributed by atoms with Gasteiger partial charge in [0, 0.05) is 50.4 Å². The first-order valence-corrected chi connectivity index (χ1v) is 12.1. The maximum absolute atomic E-state index is 12.4. The molecule has 0 bridgehead atoms. The molecule has 1 atom stereocenters. The molecule has 2 aromatic carbocycles. The Morgan fingerprint density at radius 1 is 1.03 bits per heavy atom. The molecule has 6 nitrogen and oxygen atoms in total. The fourth-order valence-corrected chi connectivity index (χ4v) is 4.32. The summed E-state index contributed by atoms with van der Waals surface area (Å²) in [6, 6.07) is 15.6. The van der Waals surface area contributed by atoms with Gasteiger partial charge in [-0.2, -0.15) is 0 Å². The van der Waals surface area contributed by atoms with Crippen LogP contribution >= 0.6 is 11.6 Å². The molecule has 2 aromatic rings. The Labute approximate surface area is 202 Å². The van der Waals surface area contributed by atoms with Crippen molar-refractivity contribution in [1.82, 2.24) is 15.5 Å². The van der Waals surface area contributed by atoms with Crippen LogP contribution in [0.2, 0.25) is 5.02 Å². The van der Waals surface area contributed by atoms with Crippen molar-refractivity contribution in [3.05, 3.63) is 64.7 Å². The van der Waals surface area contributed by atoms with Crippen molar-refractivity contribution in [1.29, 1.82) is 0 Å². The van der Waals surface area contributed by atoms with Gasteiger partial charge < -0.3 is 15.5 Å². The number of hydrogen-bond acceptors (Lipinski definition) is 4. The number of halogens is 1. The van der Waals surface area contributed by atoms with Crippen LogP contribution in [0.25, 0.3) is 0 Å². The van der Waals surface area contributed by atoms with Crippen molar-refractivity contribution in [2.45, 2.75) is 39.2 Å². The average molecular weight is 471 g/mol. The summed E-state index contributed by atoms with van der Waals surface area (Å²) in [5.74, 6) is -0.222. The molecular formula is C26H35ClN4O2. The molecule has 1 fully saturated rings. The normalized spacial score (nSPS) is 15.2. The van der Waals surface area contributed by atoms with Gasteiger partial charge in [-0.25, -0.2) is 0 Å². The summed E-state index contributed by atoms with van der Waals surface area (Å²) in [7, 11) is 0. The van der Waals surface area contributed by atoms with Gasteiger partial charge >= 0.3 is 0 Å². The Bertz CT molecular complexity index is 911. The minimum absolute atomic E-state index is 0.0598.